The predicted molar refractivity (Wildman–Crippen MR) is 114 cm³/mol. The van der Waals surface area contributed by atoms with Crippen LogP contribution >= 0.6 is 0 Å². The van der Waals surface area contributed by atoms with Crippen molar-refractivity contribution in [3.63, 3.8) is 0 Å². The van der Waals surface area contributed by atoms with Gasteiger partial charge in [0.25, 0.3) is 5.91 Å². The van der Waals surface area contributed by atoms with Crippen LogP contribution in [0.15, 0.2) is 36.4 Å². The van der Waals surface area contributed by atoms with Crippen LogP contribution in [0.1, 0.15) is 50.9 Å². The van der Waals surface area contributed by atoms with Crippen LogP contribution in [0.4, 0.5) is 13.2 Å². The third-order valence-electron chi connectivity index (χ3n) is 6.84. The largest absolute Gasteiger partial charge is 0.495 e. The monoisotopic (exact) mass is 433 g/mol. The van der Waals surface area contributed by atoms with E-state index in [0.29, 0.717) is 18.5 Å². The van der Waals surface area contributed by atoms with Gasteiger partial charge in [-0.2, -0.15) is 13.2 Å². The molecule has 2 aromatic rings. The predicted octanol–water partition coefficient (Wildman–Crippen LogP) is 4.55. The van der Waals surface area contributed by atoms with E-state index in [1.807, 2.05) is 52.0 Å². The van der Waals surface area contributed by atoms with Crippen molar-refractivity contribution in [2.75, 3.05) is 13.1 Å². The number of hydrogen-bond acceptors (Lipinski definition) is 3. The first-order valence-corrected chi connectivity index (χ1v) is 10.6. The number of carbonyl (C=O) groups excluding carboxylic acids is 1. The highest BCUT2D eigenvalue weighted by molar-refractivity contribution is 6.65. The summed E-state index contributed by atoms with van der Waals surface area (Å²) in [5, 5.41) is 1.71. The fourth-order valence-corrected chi connectivity index (χ4v) is 4.23. The zero-order valence-electron chi connectivity index (χ0n) is 18.3. The number of fused-ring (bicyclic) bond motifs is 1. The van der Waals surface area contributed by atoms with Gasteiger partial charge in [-0.05, 0) is 68.9 Å². The number of hydrogen-bond donors (Lipinski definition) is 0. The number of halogens is 3. The molecule has 0 radical (unpaired) electrons. The quantitative estimate of drug-likeness (QED) is 0.653. The molecule has 0 aliphatic carbocycles. The normalized spacial score (nSPS) is 23.4. The molecular weight excluding hydrogens is 406 g/mol. The molecule has 1 amide bonds. The number of likely N-dealkylation sites (tertiary alicyclic amines) is 1. The minimum atomic E-state index is -4.28. The van der Waals surface area contributed by atoms with Gasteiger partial charge in [0.15, 0.2) is 0 Å². The maximum Gasteiger partial charge on any atom is 0.495 e. The second kappa shape index (κ2) is 7.52. The van der Waals surface area contributed by atoms with Crippen LogP contribution < -0.4 is 5.46 Å². The Bertz CT molecular complexity index is 989. The van der Waals surface area contributed by atoms with E-state index in [1.54, 1.807) is 12.1 Å². The van der Waals surface area contributed by atoms with Gasteiger partial charge in [0.05, 0.1) is 17.1 Å². The summed E-state index contributed by atoms with van der Waals surface area (Å²) in [5.41, 5.74) is 0.310. The Balaban J connectivity index is 1.61. The summed E-state index contributed by atoms with van der Waals surface area (Å²) in [6, 6.07) is 10.9. The van der Waals surface area contributed by atoms with Gasteiger partial charge in [-0.15, -0.1) is 0 Å². The number of benzene rings is 2. The van der Waals surface area contributed by atoms with E-state index >= 15 is 0 Å². The molecule has 2 heterocycles. The number of nitrogens with zero attached hydrogens (tertiary/aromatic N) is 1. The molecule has 2 saturated heterocycles. The van der Waals surface area contributed by atoms with E-state index in [0.717, 1.165) is 16.2 Å². The molecule has 0 aromatic heterocycles. The first-order chi connectivity index (χ1) is 14.4. The number of carbonyl (C=O) groups is 1. The summed E-state index contributed by atoms with van der Waals surface area (Å²) in [5.74, 6) is -1.82. The van der Waals surface area contributed by atoms with Gasteiger partial charge in [0.2, 0.25) is 0 Å². The van der Waals surface area contributed by atoms with Gasteiger partial charge < -0.3 is 14.2 Å². The molecule has 0 spiro atoms. The molecule has 4 nitrogen and oxygen atoms in total. The van der Waals surface area contributed by atoms with Crippen LogP contribution in [-0.2, 0) is 9.31 Å². The zero-order valence-corrected chi connectivity index (χ0v) is 18.3. The lowest BCUT2D eigenvalue weighted by Crippen LogP contribution is -2.44. The summed E-state index contributed by atoms with van der Waals surface area (Å²) in [6.07, 6.45) is -3.85. The van der Waals surface area contributed by atoms with E-state index in [1.165, 1.54) is 4.90 Å². The highest BCUT2D eigenvalue weighted by Gasteiger charge is 2.52. The van der Waals surface area contributed by atoms with Crippen LogP contribution in [0, 0.1) is 5.92 Å². The fourth-order valence-electron chi connectivity index (χ4n) is 4.23. The van der Waals surface area contributed by atoms with Crippen molar-refractivity contribution in [3.8, 4) is 0 Å². The molecule has 0 N–H and O–H groups in total. The molecule has 2 aliphatic rings. The lowest BCUT2D eigenvalue weighted by atomic mass is 9.76. The third kappa shape index (κ3) is 4.07. The number of amides is 1. The molecule has 1 unspecified atom stereocenters. The summed E-state index contributed by atoms with van der Waals surface area (Å²) in [4.78, 5) is 14.3. The lowest BCUT2D eigenvalue weighted by Gasteiger charge is -2.33. The fraction of sp³-hybridized carbons (Fsp3) is 0.522. The Labute approximate surface area is 180 Å². The van der Waals surface area contributed by atoms with Crippen molar-refractivity contribution in [2.24, 2.45) is 5.92 Å². The van der Waals surface area contributed by atoms with Crippen LogP contribution in [0.25, 0.3) is 10.8 Å². The minimum Gasteiger partial charge on any atom is -0.399 e. The molecule has 4 rings (SSSR count). The van der Waals surface area contributed by atoms with Gasteiger partial charge >= 0.3 is 13.3 Å². The topological polar surface area (TPSA) is 38.8 Å². The van der Waals surface area contributed by atoms with E-state index < -0.39 is 30.4 Å². The van der Waals surface area contributed by atoms with E-state index in [9.17, 15) is 18.0 Å². The molecular formula is C23H27BF3NO3. The average molecular weight is 433 g/mol. The van der Waals surface area contributed by atoms with Crippen molar-refractivity contribution >= 4 is 29.3 Å². The molecule has 166 valence electrons. The minimum absolute atomic E-state index is 0.0719. The Morgan fingerprint density at radius 3 is 2.42 bits per heavy atom. The Hall–Kier alpha value is -2.06. The van der Waals surface area contributed by atoms with Crippen molar-refractivity contribution in [1.29, 1.82) is 0 Å². The van der Waals surface area contributed by atoms with Gasteiger partial charge in [-0.3, -0.25) is 4.79 Å². The van der Waals surface area contributed by atoms with Crippen LogP contribution in [0.3, 0.4) is 0 Å². The summed E-state index contributed by atoms with van der Waals surface area (Å²) in [7, 11) is -0.537. The van der Waals surface area contributed by atoms with Crippen molar-refractivity contribution in [2.45, 2.75) is 57.9 Å². The van der Waals surface area contributed by atoms with E-state index in [-0.39, 0.29) is 18.9 Å². The lowest BCUT2D eigenvalue weighted by molar-refractivity contribution is -0.184. The number of rotatable bonds is 2. The third-order valence-corrected chi connectivity index (χ3v) is 6.84. The second-order valence-corrected chi connectivity index (χ2v) is 9.50. The summed E-state index contributed by atoms with van der Waals surface area (Å²) < 4.78 is 51.7. The molecule has 0 saturated carbocycles. The highest BCUT2D eigenvalue weighted by atomic mass is 19.4. The van der Waals surface area contributed by atoms with Crippen molar-refractivity contribution < 1.29 is 27.3 Å². The molecule has 0 bridgehead atoms. The maximum absolute atomic E-state index is 13.1. The summed E-state index contributed by atoms with van der Waals surface area (Å²) in [6.45, 7) is 8.01. The number of alkyl halides is 3. The van der Waals surface area contributed by atoms with Crippen LogP contribution in [-0.4, -0.2) is 48.4 Å². The van der Waals surface area contributed by atoms with Crippen LogP contribution in [0.5, 0.6) is 0 Å². The highest BCUT2D eigenvalue weighted by Crippen LogP contribution is 2.37. The number of piperidine rings is 1. The van der Waals surface area contributed by atoms with Gasteiger partial charge in [0, 0.05) is 18.7 Å². The van der Waals surface area contributed by atoms with Gasteiger partial charge in [0.1, 0.15) is 0 Å². The smallest absolute Gasteiger partial charge is 0.399 e. The SMILES string of the molecule is CC1(C)OB(c2cccc3cc(C(=O)N4CCCC(C(F)(F)F)C4)ccc23)OC1(C)C. The van der Waals surface area contributed by atoms with Crippen LogP contribution in [0.2, 0.25) is 0 Å². The average Bonchev–Trinajstić information content (AvgIpc) is 2.93. The van der Waals surface area contributed by atoms with Crippen molar-refractivity contribution in [3.05, 3.63) is 42.0 Å². The first kappa shape index (κ1) is 22.2. The molecule has 31 heavy (non-hydrogen) atoms. The Kier molecular flexibility index (Phi) is 5.37. The van der Waals surface area contributed by atoms with E-state index in [2.05, 4.69) is 0 Å². The summed E-state index contributed by atoms with van der Waals surface area (Å²) >= 11 is 0. The Morgan fingerprint density at radius 1 is 1.10 bits per heavy atom. The first-order valence-electron chi connectivity index (χ1n) is 10.6. The molecule has 2 fully saturated rings. The second-order valence-electron chi connectivity index (χ2n) is 9.50. The van der Waals surface area contributed by atoms with Gasteiger partial charge in [-0.25, -0.2) is 0 Å². The van der Waals surface area contributed by atoms with E-state index in [4.69, 9.17) is 9.31 Å². The maximum atomic E-state index is 13.1. The Morgan fingerprint density at radius 2 is 1.77 bits per heavy atom. The molecule has 1 atom stereocenters. The zero-order chi connectivity index (χ0) is 22.6. The standard InChI is InChI=1S/C23H27BF3NO3/c1-21(2)22(3,4)31-24(30-21)19-9-5-7-15-13-16(10-11-18(15)19)20(29)28-12-6-8-17(14-28)23(25,26)27/h5,7,9-11,13,17H,6,8,12,14H2,1-4H3. The molecule has 8 heteroatoms. The van der Waals surface area contributed by atoms with Gasteiger partial charge in [-0.1, -0.05) is 24.3 Å². The van der Waals surface area contributed by atoms with Crippen molar-refractivity contribution in [1.82, 2.24) is 4.90 Å². The molecule has 2 aliphatic heterocycles. The molecule has 2 aromatic carbocycles.